The summed E-state index contributed by atoms with van der Waals surface area (Å²) in [6.07, 6.45) is 4.17. The molecule has 2 rings (SSSR count). The molecule has 64 valence electrons. The molecule has 0 unspecified atom stereocenters. The third kappa shape index (κ3) is 1.32. The molecule has 2 N–H and O–H groups in total. The topological polar surface area (TPSA) is 55.0 Å². The molecule has 2 heterocycles. The van der Waals surface area contributed by atoms with Gasteiger partial charge in [0, 0.05) is 19.3 Å². The van der Waals surface area contributed by atoms with Crippen molar-refractivity contribution in [2.45, 2.75) is 12.8 Å². The van der Waals surface area contributed by atoms with Crippen LogP contribution in [0.25, 0.3) is 0 Å². The summed E-state index contributed by atoms with van der Waals surface area (Å²) in [5.74, 6) is 1.32. The van der Waals surface area contributed by atoms with Gasteiger partial charge >= 0.3 is 0 Å². The van der Waals surface area contributed by atoms with Crippen molar-refractivity contribution in [1.29, 1.82) is 0 Å². The predicted octanol–water partition coefficient (Wildman–Crippen LogP) is 0.659. The molecule has 1 fully saturated rings. The largest absolute Gasteiger partial charge is 0.384 e. The lowest BCUT2D eigenvalue weighted by Gasteiger charge is -2.14. The monoisotopic (exact) mass is 164 g/mol. The minimum atomic E-state index is 0.548. The number of anilines is 2. The van der Waals surface area contributed by atoms with Gasteiger partial charge < -0.3 is 10.6 Å². The molecule has 1 aliphatic rings. The van der Waals surface area contributed by atoms with Crippen LogP contribution in [0, 0.1) is 0 Å². The molecule has 1 aromatic heterocycles. The van der Waals surface area contributed by atoms with Crippen LogP contribution < -0.4 is 10.6 Å². The van der Waals surface area contributed by atoms with Crippen molar-refractivity contribution in [3.8, 4) is 0 Å². The van der Waals surface area contributed by atoms with Gasteiger partial charge in [0.25, 0.3) is 0 Å². The zero-order valence-corrected chi connectivity index (χ0v) is 6.90. The summed E-state index contributed by atoms with van der Waals surface area (Å²) in [7, 11) is 0. The van der Waals surface area contributed by atoms with Crippen molar-refractivity contribution in [3.05, 3.63) is 12.3 Å². The van der Waals surface area contributed by atoms with Crippen LogP contribution in [0.15, 0.2) is 12.3 Å². The zero-order valence-electron chi connectivity index (χ0n) is 6.90. The first-order valence-corrected chi connectivity index (χ1v) is 4.20. The molecule has 0 saturated carbocycles. The molecule has 0 aliphatic carbocycles. The van der Waals surface area contributed by atoms with Crippen molar-refractivity contribution in [2.75, 3.05) is 23.7 Å². The summed E-state index contributed by atoms with van der Waals surface area (Å²) < 4.78 is 0. The van der Waals surface area contributed by atoms with Crippen molar-refractivity contribution in [1.82, 2.24) is 9.97 Å². The van der Waals surface area contributed by atoms with Gasteiger partial charge in [-0.3, -0.25) is 0 Å². The Morgan fingerprint density at radius 1 is 1.33 bits per heavy atom. The Balaban J connectivity index is 2.21. The minimum Gasteiger partial charge on any atom is -0.384 e. The molecular weight excluding hydrogens is 152 g/mol. The van der Waals surface area contributed by atoms with E-state index in [1.165, 1.54) is 12.8 Å². The molecule has 0 radical (unpaired) electrons. The minimum absolute atomic E-state index is 0.548. The average Bonchev–Trinajstić information content (AvgIpc) is 2.56. The lowest BCUT2D eigenvalue weighted by molar-refractivity contribution is 0.901. The Bertz CT molecular complexity index is 268. The van der Waals surface area contributed by atoms with Gasteiger partial charge in [-0.2, -0.15) is 4.98 Å². The van der Waals surface area contributed by atoms with Gasteiger partial charge in [-0.15, -0.1) is 0 Å². The first-order chi connectivity index (χ1) is 5.86. The van der Waals surface area contributed by atoms with Gasteiger partial charge in [-0.05, 0) is 18.9 Å². The third-order valence-corrected chi connectivity index (χ3v) is 2.05. The Morgan fingerprint density at radius 2 is 2.08 bits per heavy atom. The molecule has 4 heteroatoms. The van der Waals surface area contributed by atoms with E-state index < -0.39 is 0 Å². The van der Waals surface area contributed by atoms with E-state index in [0.717, 1.165) is 19.0 Å². The number of hydrogen-bond acceptors (Lipinski definition) is 4. The lowest BCUT2D eigenvalue weighted by atomic mass is 10.4. The van der Waals surface area contributed by atoms with Crippen LogP contribution in [-0.4, -0.2) is 23.1 Å². The van der Waals surface area contributed by atoms with E-state index in [1.807, 2.05) is 0 Å². The van der Waals surface area contributed by atoms with Gasteiger partial charge in [0.15, 0.2) is 0 Å². The number of aromatic nitrogens is 2. The standard InChI is InChI=1S/C8H12N4/c9-7-3-4-10-8(11-7)12-5-1-2-6-12/h3-4H,1-2,5-6H2,(H2,9,10,11). The second kappa shape index (κ2) is 2.97. The van der Waals surface area contributed by atoms with Gasteiger partial charge in [0.2, 0.25) is 5.95 Å². The third-order valence-electron chi connectivity index (χ3n) is 2.05. The van der Waals surface area contributed by atoms with Crippen LogP contribution in [0.2, 0.25) is 0 Å². The van der Waals surface area contributed by atoms with Crippen LogP contribution in [0.3, 0.4) is 0 Å². The van der Waals surface area contributed by atoms with E-state index >= 15 is 0 Å². The molecule has 0 spiro atoms. The van der Waals surface area contributed by atoms with Gasteiger partial charge in [0.1, 0.15) is 5.82 Å². The molecule has 1 aromatic rings. The zero-order chi connectivity index (χ0) is 8.39. The highest BCUT2D eigenvalue weighted by molar-refractivity contribution is 5.38. The van der Waals surface area contributed by atoms with Gasteiger partial charge in [-0.25, -0.2) is 4.98 Å². The maximum atomic E-state index is 5.55. The number of hydrogen-bond donors (Lipinski definition) is 1. The summed E-state index contributed by atoms with van der Waals surface area (Å²) in [6, 6.07) is 1.71. The van der Waals surface area contributed by atoms with Crippen molar-refractivity contribution < 1.29 is 0 Å². The Kier molecular flexibility index (Phi) is 1.81. The van der Waals surface area contributed by atoms with Crippen molar-refractivity contribution >= 4 is 11.8 Å². The maximum absolute atomic E-state index is 5.55. The Morgan fingerprint density at radius 3 is 2.75 bits per heavy atom. The first-order valence-electron chi connectivity index (χ1n) is 4.20. The normalized spacial score (nSPS) is 16.8. The highest BCUT2D eigenvalue weighted by Gasteiger charge is 2.14. The molecule has 1 saturated heterocycles. The first kappa shape index (κ1) is 7.34. The summed E-state index contributed by atoms with van der Waals surface area (Å²) in [6.45, 7) is 2.12. The predicted molar refractivity (Wildman–Crippen MR) is 47.9 cm³/mol. The Labute approximate surface area is 71.4 Å². The number of rotatable bonds is 1. The fourth-order valence-electron chi connectivity index (χ4n) is 1.43. The molecular formula is C8H12N4. The van der Waals surface area contributed by atoms with E-state index in [0.29, 0.717) is 5.82 Å². The summed E-state index contributed by atoms with van der Waals surface area (Å²) in [4.78, 5) is 10.5. The molecule has 0 atom stereocenters. The molecule has 4 nitrogen and oxygen atoms in total. The van der Waals surface area contributed by atoms with Crippen LogP contribution in [-0.2, 0) is 0 Å². The number of nitrogens with two attached hydrogens (primary N) is 1. The fourth-order valence-corrected chi connectivity index (χ4v) is 1.43. The summed E-state index contributed by atoms with van der Waals surface area (Å²) >= 11 is 0. The van der Waals surface area contributed by atoms with E-state index in [4.69, 9.17) is 5.73 Å². The van der Waals surface area contributed by atoms with Crippen LogP contribution in [0.5, 0.6) is 0 Å². The summed E-state index contributed by atoms with van der Waals surface area (Å²) in [5, 5.41) is 0. The van der Waals surface area contributed by atoms with E-state index in [1.54, 1.807) is 12.3 Å². The molecule has 12 heavy (non-hydrogen) atoms. The average molecular weight is 164 g/mol. The van der Waals surface area contributed by atoms with Crippen LogP contribution in [0.1, 0.15) is 12.8 Å². The maximum Gasteiger partial charge on any atom is 0.227 e. The quantitative estimate of drug-likeness (QED) is 0.662. The molecule has 0 amide bonds. The van der Waals surface area contributed by atoms with Gasteiger partial charge in [-0.1, -0.05) is 0 Å². The lowest BCUT2D eigenvalue weighted by Crippen LogP contribution is -2.20. The van der Waals surface area contributed by atoms with Gasteiger partial charge in [0.05, 0.1) is 0 Å². The number of nitrogen functional groups attached to an aromatic ring is 1. The molecule has 1 aliphatic heterocycles. The van der Waals surface area contributed by atoms with E-state index in [2.05, 4.69) is 14.9 Å². The smallest absolute Gasteiger partial charge is 0.227 e. The molecule has 0 aromatic carbocycles. The highest BCUT2D eigenvalue weighted by atomic mass is 15.3. The second-order valence-electron chi connectivity index (χ2n) is 2.98. The molecule has 0 bridgehead atoms. The van der Waals surface area contributed by atoms with Crippen molar-refractivity contribution in [3.63, 3.8) is 0 Å². The second-order valence-corrected chi connectivity index (χ2v) is 2.98. The van der Waals surface area contributed by atoms with Crippen molar-refractivity contribution in [2.24, 2.45) is 0 Å². The van der Waals surface area contributed by atoms with Crippen LogP contribution in [0.4, 0.5) is 11.8 Å². The highest BCUT2D eigenvalue weighted by Crippen LogP contribution is 2.15. The SMILES string of the molecule is Nc1ccnc(N2CCCC2)n1. The Hall–Kier alpha value is -1.32. The number of nitrogens with zero attached hydrogens (tertiary/aromatic N) is 3. The van der Waals surface area contributed by atoms with E-state index in [-0.39, 0.29) is 0 Å². The van der Waals surface area contributed by atoms with Crippen LogP contribution >= 0.6 is 0 Å². The fraction of sp³-hybridized carbons (Fsp3) is 0.500. The summed E-state index contributed by atoms with van der Waals surface area (Å²) in [5.41, 5.74) is 5.55. The van der Waals surface area contributed by atoms with E-state index in [9.17, 15) is 0 Å².